The molecule has 1 fully saturated rings. The lowest BCUT2D eigenvalue weighted by Crippen LogP contribution is -2.47. The van der Waals surface area contributed by atoms with Gasteiger partial charge in [0.2, 0.25) is 10.0 Å². The molecule has 0 aromatic heterocycles. The number of nitrogens with one attached hydrogen (secondary N) is 2. The molecule has 1 atom stereocenters. The van der Waals surface area contributed by atoms with Gasteiger partial charge in [0.15, 0.2) is 11.5 Å². The van der Waals surface area contributed by atoms with Gasteiger partial charge in [-0.2, -0.15) is 4.31 Å². The molecule has 0 aliphatic carbocycles. The summed E-state index contributed by atoms with van der Waals surface area (Å²) >= 11 is 0. The van der Waals surface area contributed by atoms with Crippen molar-refractivity contribution in [2.45, 2.75) is 17.5 Å². The highest BCUT2D eigenvalue weighted by Crippen LogP contribution is 2.31. The Hall–Kier alpha value is -3.15. The molecule has 178 valence electrons. The van der Waals surface area contributed by atoms with Crippen molar-refractivity contribution in [1.29, 1.82) is 0 Å². The summed E-state index contributed by atoms with van der Waals surface area (Å²) in [6.07, 6.45) is -0.354. The third kappa shape index (κ3) is 6.01. The molecular formula is C22H27N3O7S. The standard InChI is InChI=1S/C22H27N3O7S/c1-30-18-9-8-17(14-19(18)31-2)33(28,29)25-12-13-32-20(25)15-24-22(27)21(26)23-11-10-16-6-4-3-5-7-16/h3-9,14,20H,10-13,15H2,1-2H3,(H,23,26)(H,24,27)/t20-/m1/s1. The number of carbonyl (C=O) groups is 2. The van der Waals surface area contributed by atoms with Crippen molar-refractivity contribution in [3.63, 3.8) is 0 Å². The quantitative estimate of drug-likeness (QED) is 0.505. The van der Waals surface area contributed by atoms with E-state index in [0.717, 1.165) is 9.87 Å². The van der Waals surface area contributed by atoms with E-state index in [0.29, 0.717) is 18.7 Å². The molecule has 0 bridgehead atoms. The van der Waals surface area contributed by atoms with E-state index >= 15 is 0 Å². The average molecular weight is 478 g/mol. The molecule has 1 aliphatic heterocycles. The van der Waals surface area contributed by atoms with E-state index in [-0.39, 0.29) is 30.3 Å². The summed E-state index contributed by atoms with van der Waals surface area (Å²) in [7, 11) is -1.07. The molecule has 2 amide bonds. The number of nitrogens with zero attached hydrogens (tertiary/aromatic N) is 1. The summed E-state index contributed by atoms with van der Waals surface area (Å²) in [5.74, 6) is -0.979. The van der Waals surface area contributed by atoms with Crippen molar-refractivity contribution in [2.24, 2.45) is 0 Å². The summed E-state index contributed by atoms with van der Waals surface area (Å²) in [5, 5.41) is 4.99. The summed E-state index contributed by atoms with van der Waals surface area (Å²) < 4.78 is 43.2. The number of benzene rings is 2. The van der Waals surface area contributed by atoms with Gasteiger partial charge in [0.25, 0.3) is 0 Å². The highest BCUT2D eigenvalue weighted by molar-refractivity contribution is 7.89. The van der Waals surface area contributed by atoms with Crippen LogP contribution in [0.4, 0.5) is 0 Å². The summed E-state index contributed by atoms with van der Waals surface area (Å²) in [4.78, 5) is 24.2. The van der Waals surface area contributed by atoms with Crippen LogP contribution in [0.3, 0.4) is 0 Å². The van der Waals surface area contributed by atoms with Gasteiger partial charge in [-0.15, -0.1) is 0 Å². The monoisotopic (exact) mass is 477 g/mol. The Morgan fingerprint density at radius 3 is 2.42 bits per heavy atom. The maximum absolute atomic E-state index is 13.1. The van der Waals surface area contributed by atoms with Gasteiger partial charge in [-0.25, -0.2) is 8.42 Å². The van der Waals surface area contributed by atoms with Crippen molar-refractivity contribution >= 4 is 21.8 Å². The van der Waals surface area contributed by atoms with Crippen molar-refractivity contribution in [3.05, 3.63) is 54.1 Å². The van der Waals surface area contributed by atoms with E-state index in [4.69, 9.17) is 14.2 Å². The molecule has 3 rings (SSSR count). The minimum absolute atomic E-state index is 0.000585. The zero-order chi connectivity index (χ0) is 23.8. The van der Waals surface area contributed by atoms with Crippen LogP contribution in [0, 0.1) is 0 Å². The fourth-order valence-electron chi connectivity index (χ4n) is 3.36. The Bertz CT molecular complexity index is 1080. The Morgan fingerprint density at radius 2 is 1.73 bits per heavy atom. The first-order valence-electron chi connectivity index (χ1n) is 10.3. The first kappa shape index (κ1) is 24.5. The predicted molar refractivity (Wildman–Crippen MR) is 119 cm³/mol. The van der Waals surface area contributed by atoms with Crippen LogP contribution in [0.15, 0.2) is 53.4 Å². The lowest BCUT2D eigenvalue weighted by Gasteiger charge is -2.23. The van der Waals surface area contributed by atoms with Gasteiger partial charge >= 0.3 is 11.8 Å². The van der Waals surface area contributed by atoms with E-state index in [2.05, 4.69) is 10.6 Å². The Kier molecular flexibility index (Phi) is 8.26. The minimum Gasteiger partial charge on any atom is -0.493 e. The van der Waals surface area contributed by atoms with Crippen LogP contribution in [-0.2, 0) is 30.8 Å². The second kappa shape index (κ2) is 11.1. The topological polar surface area (TPSA) is 123 Å². The summed E-state index contributed by atoms with van der Waals surface area (Å²) in [6.45, 7) is 0.407. The number of hydrogen-bond acceptors (Lipinski definition) is 7. The van der Waals surface area contributed by atoms with Gasteiger partial charge in [-0.1, -0.05) is 30.3 Å². The second-order valence-corrected chi connectivity index (χ2v) is 9.05. The van der Waals surface area contributed by atoms with Crippen molar-refractivity contribution in [3.8, 4) is 11.5 Å². The van der Waals surface area contributed by atoms with Crippen LogP contribution in [0.2, 0.25) is 0 Å². The molecular weight excluding hydrogens is 450 g/mol. The maximum Gasteiger partial charge on any atom is 0.309 e. The van der Waals surface area contributed by atoms with E-state index in [1.165, 1.54) is 32.4 Å². The molecule has 33 heavy (non-hydrogen) atoms. The zero-order valence-corrected chi connectivity index (χ0v) is 19.3. The number of hydrogen-bond donors (Lipinski definition) is 2. The first-order chi connectivity index (χ1) is 15.9. The van der Waals surface area contributed by atoms with E-state index in [9.17, 15) is 18.0 Å². The maximum atomic E-state index is 13.1. The lowest BCUT2D eigenvalue weighted by atomic mass is 10.1. The molecule has 1 saturated heterocycles. The molecule has 0 saturated carbocycles. The van der Waals surface area contributed by atoms with Crippen LogP contribution >= 0.6 is 0 Å². The highest BCUT2D eigenvalue weighted by Gasteiger charge is 2.37. The molecule has 1 heterocycles. The van der Waals surface area contributed by atoms with E-state index in [1.807, 2.05) is 30.3 Å². The van der Waals surface area contributed by atoms with Gasteiger partial charge in [0.1, 0.15) is 6.23 Å². The average Bonchev–Trinajstić information content (AvgIpc) is 3.32. The SMILES string of the molecule is COc1ccc(S(=O)(=O)N2CCO[C@@H]2CNC(=O)C(=O)NCCc2ccccc2)cc1OC. The van der Waals surface area contributed by atoms with Gasteiger partial charge < -0.3 is 24.8 Å². The van der Waals surface area contributed by atoms with Gasteiger partial charge in [-0.05, 0) is 24.1 Å². The molecule has 2 N–H and O–H groups in total. The molecule has 1 aliphatic rings. The van der Waals surface area contributed by atoms with Crippen molar-refractivity contribution in [1.82, 2.24) is 14.9 Å². The van der Waals surface area contributed by atoms with Gasteiger partial charge in [0, 0.05) is 19.2 Å². The van der Waals surface area contributed by atoms with Crippen LogP contribution in [-0.4, -0.2) is 71.2 Å². The summed E-state index contributed by atoms with van der Waals surface area (Å²) in [6, 6.07) is 13.8. The number of ether oxygens (including phenoxy) is 3. The highest BCUT2D eigenvalue weighted by atomic mass is 32.2. The Balaban J connectivity index is 1.56. The molecule has 11 heteroatoms. The third-order valence-electron chi connectivity index (χ3n) is 5.09. The fourth-order valence-corrected chi connectivity index (χ4v) is 4.89. The van der Waals surface area contributed by atoms with Crippen LogP contribution < -0.4 is 20.1 Å². The zero-order valence-electron chi connectivity index (χ0n) is 18.4. The normalized spacial score (nSPS) is 16.2. The fraction of sp³-hybridized carbons (Fsp3) is 0.364. The molecule has 2 aromatic rings. The number of rotatable bonds is 9. The number of amides is 2. The molecule has 0 spiro atoms. The largest absolute Gasteiger partial charge is 0.493 e. The van der Waals surface area contributed by atoms with Crippen LogP contribution in [0.25, 0.3) is 0 Å². The Labute approximate surface area is 192 Å². The number of methoxy groups -OCH3 is 2. The molecule has 10 nitrogen and oxygen atoms in total. The molecule has 0 unspecified atom stereocenters. The van der Waals surface area contributed by atoms with Crippen molar-refractivity contribution in [2.75, 3.05) is 40.5 Å². The Morgan fingerprint density at radius 1 is 1.03 bits per heavy atom. The van der Waals surface area contributed by atoms with Gasteiger partial charge in [0.05, 0.1) is 32.3 Å². The van der Waals surface area contributed by atoms with Gasteiger partial charge in [-0.3, -0.25) is 9.59 Å². The van der Waals surface area contributed by atoms with E-state index < -0.39 is 28.1 Å². The minimum atomic E-state index is -3.94. The van der Waals surface area contributed by atoms with Crippen molar-refractivity contribution < 1.29 is 32.2 Å². The number of carbonyl (C=O) groups excluding carboxylic acids is 2. The van der Waals surface area contributed by atoms with Crippen LogP contribution in [0.1, 0.15) is 5.56 Å². The smallest absolute Gasteiger partial charge is 0.309 e. The summed E-state index contributed by atoms with van der Waals surface area (Å²) in [5.41, 5.74) is 1.04. The van der Waals surface area contributed by atoms with Crippen LogP contribution in [0.5, 0.6) is 11.5 Å². The number of sulfonamides is 1. The third-order valence-corrected chi connectivity index (χ3v) is 6.98. The first-order valence-corrected chi connectivity index (χ1v) is 11.8. The molecule has 0 radical (unpaired) electrons. The second-order valence-electron chi connectivity index (χ2n) is 7.16. The predicted octanol–water partition coefficient (Wildman–Crippen LogP) is 0.526. The lowest BCUT2D eigenvalue weighted by molar-refractivity contribution is -0.139. The molecule has 2 aromatic carbocycles. The van der Waals surface area contributed by atoms with E-state index in [1.54, 1.807) is 0 Å².